The van der Waals surface area contributed by atoms with Crippen LogP contribution in [0, 0.1) is 0 Å². The van der Waals surface area contributed by atoms with E-state index in [-0.39, 0.29) is 31.4 Å². The minimum atomic E-state index is -0.946. The maximum absolute atomic E-state index is 11.8. The quantitative estimate of drug-likeness (QED) is 0.304. The molecule has 0 aromatic heterocycles. The largest absolute Gasteiger partial charge is 0.481 e. The van der Waals surface area contributed by atoms with E-state index in [4.69, 9.17) is 15.7 Å². The highest BCUT2D eigenvalue weighted by Gasteiger charge is 2.24. The number of rotatable bonds is 11. The number of carbonyl (C=O) groups excluding carboxylic acids is 1. The number of aliphatic imine (C=N–C) groups is 1. The predicted molar refractivity (Wildman–Crippen MR) is 107 cm³/mol. The molecule has 0 radical (unpaired) electrons. The summed E-state index contributed by atoms with van der Waals surface area (Å²) < 4.78 is 0. The Balaban J connectivity index is 1.81. The van der Waals surface area contributed by atoms with Gasteiger partial charge in [0.25, 0.3) is 0 Å². The lowest BCUT2D eigenvalue weighted by molar-refractivity contribution is -0.136. The molecule has 0 bridgehead atoms. The number of oxime groups is 1. The van der Waals surface area contributed by atoms with Crippen molar-refractivity contribution >= 4 is 23.4 Å². The summed E-state index contributed by atoms with van der Waals surface area (Å²) >= 11 is 0. The topological polar surface area (TPSA) is 126 Å². The molecule has 0 saturated carbocycles. The lowest BCUT2D eigenvalue weighted by Gasteiger charge is -2.08. The number of unbranched alkanes of at least 4 members (excludes halogenated alkanes) is 2. The first-order valence-corrected chi connectivity index (χ1v) is 9.61. The van der Waals surface area contributed by atoms with Crippen molar-refractivity contribution in [1.82, 2.24) is 5.32 Å². The Morgan fingerprint density at radius 1 is 1.32 bits per heavy atom. The molecule has 8 nitrogen and oxygen atoms in total. The molecule has 1 aliphatic rings. The second-order valence-electron chi connectivity index (χ2n) is 6.72. The molecule has 0 saturated heterocycles. The third kappa shape index (κ3) is 7.02. The molecule has 2 rings (SSSR count). The van der Waals surface area contributed by atoms with Crippen molar-refractivity contribution in [3.8, 4) is 0 Å². The summed E-state index contributed by atoms with van der Waals surface area (Å²) in [5.74, 6) is -0.661. The van der Waals surface area contributed by atoms with Crippen LogP contribution in [-0.4, -0.2) is 47.7 Å². The van der Waals surface area contributed by atoms with Gasteiger partial charge in [-0.25, -0.2) is 0 Å². The van der Waals surface area contributed by atoms with E-state index in [1.807, 2.05) is 24.3 Å². The van der Waals surface area contributed by atoms with Crippen LogP contribution in [0.1, 0.15) is 56.6 Å². The number of nitrogens with two attached hydrogens (primary N) is 1. The van der Waals surface area contributed by atoms with Gasteiger partial charge in [0.05, 0.1) is 18.6 Å². The molecule has 28 heavy (non-hydrogen) atoms. The van der Waals surface area contributed by atoms with Crippen molar-refractivity contribution < 1.29 is 19.5 Å². The highest BCUT2D eigenvalue weighted by Crippen LogP contribution is 2.19. The zero-order chi connectivity index (χ0) is 20.4. The fourth-order valence-corrected chi connectivity index (χ4v) is 2.78. The lowest BCUT2D eigenvalue weighted by Crippen LogP contribution is -2.29. The Kier molecular flexibility index (Phi) is 8.45. The SMILES string of the molecule is CCCCCN=C(N)c1ccc(C2=NO[C@@H](CC(=O)NCCC(=O)O)C2)cc1. The summed E-state index contributed by atoms with van der Waals surface area (Å²) in [6.45, 7) is 2.99. The fraction of sp³-hybridized carbons (Fsp3) is 0.500. The molecule has 4 N–H and O–H groups in total. The normalized spacial score (nSPS) is 16.4. The van der Waals surface area contributed by atoms with E-state index in [1.54, 1.807) is 0 Å². The minimum absolute atomic E-state index is 0.101. The Morgan fingerprint density at radius 2 is 2.07 bits per heavy atom. The van der Waals surface area contributed by atoms with E-state index in [0.29, 0.717) is 12.3 Å². The number of hydrogen-bond donors (Lipinski definition) is 3. The van der Waals surface area contributed by atoms with Gasteiger partial charge in [0.2, 0.25) is 5.91 Å². The molecule has 0 aliphatic carbocycles. The highest BCUT2D eigenvalue weighted by atomic mass is 16.6. The monoisotopic (exact) mass is 388 g/mol. The van der Waals surface area contributed by atoms with Gasteiger partial charge in [-0.3, -0.25) is 14.6 Å². The van der Waals surface area contributed by atoms with Crippen molar-refractivity contribution in [3.63, 3.8) is 0 Å². The van der Waals surface area contributed by atoms with Gasteiger partial charge in [0, 0.05) is 25.1 Å². The number of amidine groups is 1. The number of nitrogens with zero attached hydrogens (tertiary/aromatic N) is 2. The van der Waals surface area contributed by atoms with Crippen LogP contribution in [0.25, 0.3) is 0 Å². The summed E-state index contributed by atoms with van der Waals surface area (Å²) in [7, 11) is 0. The molecule has 0 unspecified atom stereocenters. The predicted octanol–water partition coefficient (Wildman–Crippen LogP) is 2.06. The Bertz CT molecular complexity index is 728. The van der Waals surface area contributed by atoms with Crippen LogP contribution in [0.2, 0.25) is 0 Å². The zero-order valence-electron chi connectivity index (χ0n) is 16.2. The van der Waals surface area contributed by atoms with Gasteiger partial charge in [-0.2, -0.15) is 0 Å². The van der Waals surface area contributed by atoms with Crippen molar-refractivity contribution in [2.75, 3.05) is 13.1 Å². The summed E-state index contributed by atoms with van der Waals surface area (Å²) in [5, 5.41) is 15.2. The number of aliphatic carboxylic acids is 1. The number of carboxylic acids is 1. The van der Waals surface area contributed by atoms with Gasteiger partial charge >= 0.3 is 5.97 Å². The first kappa shape index (κ1) is 21.4. The van der Waals surface area contributed by atoms with Crippen molar-refractivity contribution in [1.29, 1.82) is 0 Å². The summed E-state index contributed by atoms with van der Waals surface area (Å²) in [6.07, 6.45) is 3.55. The molecule has 152 valence electrons. The molecule has 1 aromatic carbocycles. The van der Waals surface area contributed by atoms with Gasteiger partial charge in [0.15, 0.2) is 0 Å². The van der Waals surface area contributed by atoms with Crippen LogP contribution >= 0.6 is 0 Å². The van der Waals surface area contributed by atoms with E-state index < -0.39 is 5.97 Å². The van der Waals surface area contributed by atoms with Gasteiger partial charge in [-0.05, 0) is 12.0 Å². The standard InChI is InChI=1S/C20H28N4O4/c1-2-3-4-10-23-20(21)15-7-5-14(6-8-15)17-12-16(28-24-17)13-18(25)22-11-9-19(26)27/h5-8,16H,2-4,9-13H2,1H3,(H2,21,23)(H,22,25)(H,26,27)/t16-/m1/s1. The van der Waals surface area contributed by atoms with Gasteiger partial charge in [-0.1, -0.05) is 49.2 Å². The Hall–Kier alpha value is -2.90. The number of hydrogen-bond acceptors (Lipinski definition) is 5. The van der Waals surface area contributed by atoms with E-state index in [0.717, 1.165) is 42.6 Å². The summed E-state index contributed by atoms with van der Waals surface area (Å²) in [4.78, 5) is 32.0. The third-order valence-electron chi connectivity index (χ3n) is 4.36. The molecule has 1 aromatic rings. The Morgan fingerprint density at radius 3 is 2.75 bits per heavy atom. The van der Waals surface area contributed by atoms with Crippen molar-refractivity contribution in [3.05, 3.63) is 35.4 Å². The van der Waals surface area contributed by atoms with Crippen LogP contribution in [0.5, 0.6) is 0 Å². The maximum Gasteiger partial charge on any atom is 0.305 e. The highest BCUT2D eigenvalue weighted by molar-refractivity contribution is 6.03. The van der Waals surface area contributed by atoms with Crippen LogP contribution < -0.4 is 11.1 Å². The van der Waals surface area contributed by atoms with Crippen LogP contribution in [0.15, 0.2) is 34.4 Å². The number of carbonyl (C=O) groups is 2. The van der Waals surface area contributed by atoms with Gasteiger partial charge in [0.1, 0.15) is 11.9 Å². The number of nitrogens with one attached hydrogen (secondary N) is 1. The average molecular weight is 388 g/mol. The second kappa shape index (κ2) is 11.1. The van der Waals surface area contributed by atoms with Crippen molar-refractivity contribution in [2.45, 2.75) is 51.6 Å². The first-order chi connectivity index (χ1) is 13.5. The number of benzene rings is 1. The average Bonchev–Trinajstić information content (AvgIpc) is 3.13. The first-order valence-electron chi connectivity index (χ1n) is 9.61. The zero-order valence-corrected chi connectivity index (χ0v) is 16.2. The molecule has 0 fully saturated rings. The lowest BCUT2D eigenvalue weighted by atomic mass is 10.0. The molecule has 1 heterocycles. The van der Waals surface area contributed by atoms with Crippen LogP contribution in [-0.2, 0) is 14.4 Å². The third-order valence-corrected chi connectivity index (χ3v) is 4.36. The van der Waals surface area contributed by atoms with Gasteiger partial charge in [-0.15, -0.1) is 0 Å². The molecular weight excluding hydrogens is 360 g/mol. The van der Waals surface area contributed by atoms with E-state index >= 15 is 0 Å². The molecule has 1 aliphatic heterocycles. The molecule has 8 heteroatoms. The number of carboxylic acid groups (broad SMARTS) is 1. The van der Waals surface area contributed by atoms with E-state index in [2.05, 4.69) is 22.4 Å². The molecule has 1 atom stereocenters. The summed E-state index contributed by atoms with van der Waals surface area (Å²) in [5.41, 5.74) is 8.58. The number of amides is 1. The van der Waals surface area contributed by atoms with Gasteiger partial charge < -0.3 is 21.0 Å². The van der Waals surface area contributed by atoms with E-state index in [1.165, 1.54) is 0 Å². The maximum atomic E-state index is 11.8. The second-order valence-corrected chi connectivity index (χ2v) is 6.72. The minimum Gasteiger partial charge on any atom is -0.481 e. The van der Waals surface area contributed by atoms with Crippen LogP contribution in [0.3, 0.4) is 0 Å². The Labute approximate surface area is 164 Å². The fourth-order valence-electron chi connectivity index (χ4n) is 2.78. The van der Waals surface area contributed by atoms with Crippen molar-refractivity contribution in [2.24, 2.45) is 15.9 Å². The van der Waals surface area contributed by atoms with Crippen LogP contribution in [0.4, 0.5) is 0 Å². The smallest absolute Gasteiger partial charge is 0.305 e. The molecule has 0 spiro atoms. The molecule has 1 amide bonds. The summed E-state index contributed by atoms with van der Waals surface area (Å²) in [6, 6.07) is 7.65. The van der Waals surface area contributed by atoms with E-state index in [9.17, 15) is 9.59 Å². The molecular formula is C20H28N4O4.